The zero-order chi connectivity index (χ0) is 15.8. The number of likely N-dealkylation sites (N-methyl/N-ethyl adjacent to an activating group) is 1. The van der Waals surface area contributed by atoms with Crippen molar-refractivity contribution in [3.05, 3.63) is 54.4 Å². The topological polar surface area (TPSA) is 63.2 Å². The fourth-order valence-corrected chi connectivity index (χ4v) is 1.98. The van der Waals surface area contributed by atoms with E-state index in [0.29, 0.717) is 18.0 Å². The number of amides is 1. The van der Waals surface area contributed by atoms with Gasteiger partial charge in [-0.05, 0) is 31.7 Å². The molecule has 0 aliphatic rings. The van der Waals surface area contributed by atoms with E-state index in [9.17, 15) is 4.79 Å². The van der Waals surface area contributed by atoms with Crippen LogP contribution in [0.4, 0.5) is 0 Å². The molecule has 22 heavy (non-hydrogen) atoms. The highest BCUT2D eigenvalue weighted by Crippen LogP contribution is 2.20. The summed E-state index contributed by atoms with van der Waals surface area (Å²) >= 11 is 0. The van der Waals surface area contributed by atoms with Crippen LogP contribution in [0.5, 0.6) is 11.5 Å². The summed E-state index contributed by atoms with van der Waals surface area (Å²) in [6.45, 7) is 5.48. The summed E-state index contributed by atoms with van der Waals surface area (Å²) in [6.07, 6.45) is 1.57. The molecule has 2 N–H and O–H groups in total. The lowest BCUT2D eigenvalue weighted by Gasteiger charge is -2.13. The molecule has 116 valence electrons. The molecule has 1 amide bonds. The first-order valence-corrected chi connectivity index (χ1v) is 7.39. The largest absolute Gasteiger partial charge is 0.457 e. The SMILES string of the molecule is CCN[C@H](C)CNC(=O)c1cc(Oc2ccccc2)ccn1. The number of nitrogens with one attached hydrogen (secondary N) is 2. The van der Waals surface area contributed by atoms with Crippen LogP contribution in [-0.2, 0) is 0 Å². The molecular weight excluding hydrogens is 278 g/mol. The van der Waals surface area contributed by atoms with Crippen LogP contribution in [0.3, 0.4) is 0 Å². The molecule has 2 aromatic rings. The average Bonchev–Trinajstić information content (AvgIpc) is 2.54. The van der Waals surface area contributed by atoms with Crippen LogP contribution in [0.25, 0.3) is 0 Å². The lowest BCUT2D eigenvalue weighted by molar-refractivity contribution is 0.0945. The zero-order valence-electron chi connectivity index (χ0n) is 12.9. The van der Waals surface area contributed by atoms with Gasteiger partial charge in [0.2, 0.25) is 0 Å². The van der Waals surface area contributed by atoms with Crippen molar-refractivity contribution in [3.8, 4) is 11.5 Å². The molecule has 0 saturated heterocycles. The lowest BCUT2D eigenvalue weighted by Crippen LogP contribution is -2.39. The molecule has 0 spiro atoms. The molecule has 0 bridgehead atoms. The number of hydrogen-bond acceptors (Lipinski definition) is 4. The molecule has 0 unspecified atom stereocenters. The van der Waals surface area contributed by atoms with E-state index in [1.807, 2.05) is 44.2 Å². The van der Waals surface area contributed by atoms with Gasteiger partial charge in [0.1, 0.15) is 17.2 Å². The van der Waals surface area contributed by atoms with Gasteiger partial charge in [0.05, 0.1) is 0 Å². The number of carbonyl (C=O) groups excluding carboxylic acids is 1. The Morgan fingerprint density at radius 2 is 2.00 bits per heavy atom. The van der Waals surface area contributed by atoms with Gasteiger partial charge >= 0.3 is 0 Å². The van der Waals surface area contributed by atoms with Crippen molar-refractivity contribution in [1.29, 1.82) is 0 Å². The Morgan fingerprint density at radius 1 is 1.23 bits per heavy atom. The van der Waals surface area contributed by atoms with Gasteiger partial charge in [-0.2, -0.15) is 0 Å². The van der Waals surface area contributed by atoms with Crippen LogP contribution in [0, 0.1) is 0 Å². The summed E-state index contributed by atoms with van der Waals surface area (Å²) in [6, 6.07) is 13.0. The molecule has 1 aromatic carbocycles. The number of hydrogen-bond donors (Lipinski definition) is 2. The molecule has 5 heteroatoms. The van der Waals surface area contributed by atoms with Crippen molar-refractivity contribution in [2.45, 2.75) is 19.9 Å². The standard InChI is InChI=1S/C17H21N3O2/c1-3-18-13(2)12-20-17(21)16-11-15(9-10-19-16)22-14-7-5-4-6-8-14/h4-11,13,18H,3,12H2,1-2H3,(H,20,21)/t13-/m1/s1. The predicted octanol–water partition coefficient (Wildman–Crippen LogP) is 2.60. The Morgan fingerprint density at radius 3 is 2.73 bits per heavy atom. The highest BCUT2D eigenvalue weighted by Gasteiger charge is 2.10. The first-order chi connectivity index (χ1) is 10.7. The van der Waals surface area contributed by atoms with Crippen LogP contribution in [0.1, 0.15) is 24.3 Å². The van der Waals surface area contributed by atoms with Crippen molar-refractivity contribution in [2.75, 3.05) is 13.1 Å². The van der Waals surface area contributed by atoms with Gasteiger partial charge in [-0.15, -0.1) is 0 Å². The summed E-state index contributed by atoms with van der Waals surface area (Å²) in [5.41, 5.74) is 0.345. The maximum atomic E-state index is 12.1. The molecule has 1 atom stereocenters. The van der Waals surface area contributed by atoms with Gasteiger partial charge in [-0.3, -0.25) is 9.78 Å². The highest BCUT2D eigenvalue weighted by molar-refractivity contribution is 5.92. The summed E-state index contributed by atoms with van der Waals surface area (Å²) in [5.74, 6) is 1.11. The molecule has 1 aromatic heterocycles. The van der Waals surface area contributed by atoms with E-state index in [1.54, 1.807) is 18.3 Å². The predicted molar refractivity (Wildman–Crippen MR) is 86.2 cm³/mol. The third-order valence-corrected chi connectivity index (χ3v) is 3.06. The Labute approximate surface area is 130 Å². The average molecular weight is 299 g/mol. The van der Waals surface area contributed by atoms with E-state index < -0.39 is 0 Å². The second-order valence-electron chi connectivity index (χ2n) is 4.96. The summed E-state index contributed by atoms with van der Waals surface area (Å²) in [4.78, 5) is 16.2. The van der Waals surface area contributed by atoms with Crippen molar-refractivity contribution >= 4 is 5.91 Å². The number of rotatable bonds is 7. The van der Waals surface area contributed by atoms with E-state index in [0.717, 1.165) is 12.3 Å². The molecular formula is C17H21N3O2. The number of benzene rings is 1. The molecule has 0 radical (unpaired) electrons. The van der Waals surface area contributed by atoms with Gasteiger partial charge in [-0.1, -0.05) is 25.1 Å². The van der Waals surface area contributed by atoms with E-state index >= 15 is 0 Å². The number of ether oxygens (including phenoxy) is 1. The minimum Gasteiger partial charge on any atom is -0.457 e. The van der Waals surface area contributed by atoms with Crippen LogP contribution < -0.4 is 15.4 Å². The molecule has 1 heterocycles. The van der Waals surface area contributed by atoms with Gasteiger partial charge < -0.3 is 15.4 Å². The van der Waals surface area contributed by atoms with Gasteiger partial charge in [0, 0.05) is 24.8 Å². The fourth-order valence-electron chi connectivity index (χ4n) is 1.98. The Balaban J connectivity index is 1.97. The molecule has 5 nitrogen and oxygen atoms in total. The highest BCUT2D eigenvalue weighted by atomic mass is 16.5. The van der Waals surface area contributed by atoms with E-state index in [4.69, 9.17) is 4.74 Å². The number of carbonyl (C=O) groups is 1. The first kappa shape index (κ1) is 16.0. The second kappa shape index (κ2) is 8.14. The Hall–Kier alpha value is -2.40. The number of nitrogens with zero attached hydrogens (tertiary/aromatic N) is 1. The third kappa shape index (κ3) is 4.86. The molecule has 0 saturated carbocycles. The Bertz CT molecular complexity index is 602. The summed E-state index contributed by atoms with van der Waals surface area (Å²) < 4.78 is 5.70. The van der Waals surface area contributed by atoms with E-state index in [2.05, 4.69) is 15.6 Å². The van der Waals surface area contributed by atoms with Crippen molar-refractivity contribution in [3.63, 3.8) is 0 Å². The monoisotopic (exact) mass is 299 g/mol. The second-order valence-corrected chi connectivity index (χ2v) is 4.96. The van der Waals surface area contributed by atoms with Crippen molar-refractivity contribution in [1.82, 2.24) is 15.6 Å². The fraction of sp³-hybridized carbons (Fsp3) is 0.294. The Kier molecular flexibility index (Phi) is 5.91. The van der Waals surface area contributed by atoms with E-state index in [-0.39, 0.29) is 11.9 Å². The number of pyridine rings is 1. The normalized spacial score (nSPS) is 11.7. The van der Waals surface area contributed by atoms with Crippen LogP contribution >= 0.6 is 0 Å². The van der Waals surface area contributed by atoms with Crippen LogP contribution in [0.15, 0.2) is 48.7 Å². The smallest absolute Gasteiger partial charge is 0.270 e. The van der Waals surface area contributed by atoms with Gasteiger partial charge in [0.25, 0.3) is 5.91 Å². The van der Waals surface area contributed by atoms with Crippen molar-refractivity contribution in [2.24, 2.45) is 0 Å². The van der Waals surface area contributed by atoms with Crippen LogP contribution in [0.2, 0.25) is 0 Å². The van der Waals surface area contributed by atoms with Crippen LogP contribution in [-0.4, -0.2) is 30.0 Å². The van der Waals surface area contributed by atoms with Crippen molar-refractivity contribution < 1.29 is 9.53 Å². The zero-order valence-corrected chi connectivity index (χ0v) is 12.9. The molecule has 0 fully saturated rings. The minimum absolute atomic E-state index is 0.205. The summed E-state index contributed by atoms with van der Waals surface area (Å²) in [7, 11) is 0. The quantitative estimate of drug-likeness (QED) is 0.825. The number of para-hydroxylation sites is 1. The third-order valence-electron chi connectivity index (χ3n) is 3.06. The van der Waals surface area contributed by atoms with Gasteiger partial charge in [0.15, 0.2) is 0 Å². The maximum absolute atomic E-state index is 12.1. The number of aromatic nitrogens is 1. The summed E-state index contributed by atoms with van der Waals surface area (Å²) in [5, 5.41) is 6.09. The molecule has 0 aliphatic heterocycles. The molecule has 0 aliphatic carbocycles. The minimum atomic E-state index is -0.205. The van der Waals surface area contributed by atoms with E-state index in [1.165, 1.54) is 0 Å². The first-order valence-electron chi connectivity index (χ1n) is 7.39. The van der Waals surface area contributed by atoms with Gasteiger partial charge in [-0.25, -0.2) is 0 Å². The maximum Gasteiger partial charge on any atom is 0.270 e. The molecule has 2 rings (SSSR count). The lowest BCUT2D eigenvalue weighted by atomic mass is 10.3.